The molecule has 0 radical (unpaired) electrons. The monoisotopic (exact) mass is 272 g/mol. The second-order valence-electron chi connectivity index (χ2n) is 4.42. The van der Waals surface area contributed by atoms with Crippen LogP contribution in [0.4, 0.5) is 0 Å². The summed E-state index contributed by atoms with van der Waals surface area (Å²) >= 11 is 1.57. The van der Waals surface area contributed by atoms with Gasteiger partial charge in [0.25, 0.3) is 0 Å². The number of amides is 1. The van der Waals surface area contributed by atoms with E-state index < -0.39 is 6.10 Å². The molecule has 102 valence electrons. The number of hydrogen-bond acceptors (Lipinski definition) is 5. The van der Waals surface area contributed by atoms with Gasteiger partial charge >= 0.3 is 0 Å². The molecule has 1 aromatic rings. The molecule has 1 aromatic heterocycles. The van der Waals surface area contributed by atoms with Crippen molar-refractivity contribution in [1.82, 2.24) is 10.3 Å². The maximum atomic E-state index is 11.6. The summed E-state index contributed by atoms with van der Waals surface area (Å²) < 4.78 is 4.77. The molecule has 2 N–H and O–H groups in total. The Bertz CT molecular complexity index is 379. The molecule has 1 unspecified atom stereocenters. The molecule has 0 bridgehead atoms. The molecule has 0 saturated carbocycles. The van der Waals surface area contributed by atoms with Gasteiger partial charge in [-0.15, -0.1) is 11.3 Å². The number of aliphatic hydroxyl groups excluding tert-OH is 1. The lowest BCUT2D eigenvalue weighted by atomic mass is 10.2. The second-order valence-corrected chi connectivity index (χ2v) is 5.31. The summed E-state index contributed by atoms with van der Waals surface area (Å²) in [5.41, 5.74) is 0.780. The first-order valence-corrected chi connectivity index (χ1v) is 6.79. The number of carbonyl (C=O) groups is 1. The Morgan fingerprint density at radius 2 is 2.33 bits per heavy atom. The first-order valence-electron chi connectivity index (χ1n) is 5.91. The number of nitrogens with one attached hydrogen (secondary N) is 1. The minimum atomic E-state index is -0.666. The highest BCUT2D eigenvalue weighted by Crippen LogP contribution is 2.19. The molecular weight excluding hydrogens is 252 g/mol. The number of hydrogen-bond donors (Lipinski definition) is 2. The van der Waals surface area contributed by atoms with Gasteiger partial charge in [0, 0.05) is 25.0 Å². The van der Waals surface area contributed by atoms with Crippen molar-refractivity contribution >= 4 is 17.2 Å². The molecule has 0 aliphatic heterocycles. The molecule has 6 heteroatoms. The standard InChI is InChI=1S/C12H20N2O3S/c1-8(2)12-14-9(7-18-12)4-11(16)13-5-10(15)6-17-3/h7-8,10,15H,4-6H2,1-3H3,(H,13,16). The zero-order valence-electron chi connectivity index (χ0n) is 11.0. The van der Waals surface area contributed by atoms with Crippen molar-refractivity contribution in [1.29, 1.82) is 0 Å². The van der Waals surface area contributed by atoms with Crippen LogP contribution < -0.4 is 5.32 Å². The Balaban J connectivity index is 2.35. The van der Waals surface area contributed by atoms with Gasteiger partial charge in [0.1, 0.15) is 0 Å². The van der Waals surface area contributed by atoms with E-state index in [0.29, 0.717) is 5.92 Å². The summed E-state index contributed by atoms with van der Waals surface area (Å²) in [6, 6.07) is 0. The van der Waals surface area contributed by atoms with Gasteiger partial charge in [-0.1, -0.05) is 13.8 Å². The fourth-order valence-electron chi connectivity index (χ4n) is 1.38. The number of rotatable bonds is 7. The molecule has 5 nitrogen and oxygen atoms in total. The fourth-order valence-corrected chi connectivity index (χ4v) is 2.21. The zero-order valence-corrected chi connectivity index (χ0v) is 11.8. The number of methoxy groups -OCH3 is 1. The van der Waals surface area contributed by atoms with Gasteiger partial charge in [0.15, 0.2) is 0 Å². The molecule has 0 aliphatic carbocycles. The highest BCUT2D eigenvalue weighted by Gasteiger charge is 2.11. The van der Waals surface area contributed by atoms with Crippen LogP contribution in [-0.4, -0.2) is 42.4 Å². The molecular formula is C12H20N2O3S. The Morgan fingerprint density at radius 1 is 1.61 bits per heavy atom. The Hall–Kier alpha value is -0.980. The van der Waals surface area contributed by atoms with E-state index in [1.807, 2.05) is 5.38 Å². The summed E-state index contributed by atoms with van der Waals surface area (Å²) in [4.78, 5) is 16.0. The lowest BCUT2D eigenvalue weighted by Gasteiger charge is -2.10. The number of nitrogens with zero attached hydrogens (tertiary/aromatic N) is 1. The third-order valence-electron chi connectivity index (χ3n) is 2.30. The van der Waals surface area contributed by atoms with Crippen molar-refractivity contribution in [2.45, 2.75) is 32.3 Å². The maximum Gasteiger partial charge on any atom is 0.226 e. The Kier molecular flexibility index (Phi) is 6.24. The predicted molar refractivity (Wildman–Crippen MR) is 70.8 cm³/mol. The van der Waals surface area contributed by atoms with E-state index in [4.69, 9.17) is 4.74 Å². The van der Waals surface area contributed by atoms with Crippen LogP contribution in [0.2, 0.25) is 0 Å². The maximum absolute atomic E-state index is 11.6. The van der Waals surface area contributed by atoms with Gasteiger partial charge in [0.2, 0.25) is 5.91 Å². The van der Waals surface area contributed by atoms with Crippen LogP contribution >= 0.6 is 11.3 Å². The molecule has 0 aliphatic rings. The third kappa shape index (κ3) is 5.12. The molecule has 18 heavy (non-hydrogen) atoms. The van der Waals surface area contributed by atoms with E-state index in [9.17, 15) is 9.90 Å². The quantitative estimate of drug-likeness (QED) is 0.774. The molecule has 1 atom stereocenters. The molecule has 1 rings (SSSR count). The number of thiazole rings is 1. The summed E-state index contributed by atoms with van der Waals surface area (Å²) in [7, 11) is 1.51. The van der Waals surface area contributed by atoms with Gasteiger partial charge in [0.05, 0.1) is 29.8 Å². The Morgan fingerprint density at radius 3 is 2.89 bits per heavy atom. The van der Waals surface area contributed by atoms with Crippen molar-refractivity contribution in [2.24, 2.45) is 0 Å². The van der Waals surface area contributed by atoms with Crippen LogP contribution in [0, 0.1) is 0 Å². The number of aromatic nitrogens is 1. The van der Waals surface area contributed by atoms with Crippen molar-refractivity contribution in [2.75, 3.05) is 20.3 Å². The van der Waals surface area contributed by atoms with Crippen molar-refractivity contribution < 1.29 is 14.6 Å². The normalized spacial score (nSPS) is 12.7. The number of aliphatic hydroxyl groups is 1. The molecule has 0 fully saturated rings. The fraction of sp³-hybridized carbons (Fsp3) is 0.667. The first-order chi connectivity index (χ1) is 8.52. The van der Waals surface area contributed by atoms with Crippen LogP contribution in [0.15, 0.2) is 5.38 Å². The minimum Gasteiger partial charge on any atom is -0.389 e. The van der Waals surface area contributed by atoms with Crippen molar-refractivity contribution in [3.63, 3.8) is 0 Å². The summed E-state index contributed by atoms with van der Waals surface area (Å²) in [5, 5.41) is 15.0. The lowest BCUT2D eigenvalue weighted by molar-refractivity contribution is -0.121. The van der Waals surface area contributed by atoms with Gasteiger partial charge in [-0.25, -0.2) is 4.98 Å². The minimum absolute atomic E-state index is 0.134. The largest absolute Gasteiger partial charge is 0.389 e. The van der Waals surface area contributed by atoms with E-state index in [0.717, 1.165) is 10.7 Å². The van der Waals surface area contributed by atoms with Crippen LogP contribution in [-0.2, 0) is 16.0 Å². The summed E-state index contributed by atoms with van der Waals surface area (Å²) in [6.07, 6.45) is -0.413. The van der Waals surface area contributed by atoms with E-state index in [1.165, 1.54) is 7.11 Å². The molecule has 0 spiro atoms. The van der Waals surface area contributed by atoms with Gasteiger partial charge < -0.3 is 15.2 Å². The molecule has 0 aromatic carbocycles. The Labute approximate surface area is 111 Å². The summed E-state index contributed by atoms with van der Waals surface area (Å²) in [5.74, 6) is 0.251. The lowest BCUT2D eigenvalue weighted by Crippen LogP contribution is -2.35. The highest BCUT2D eigenvalue weighted by atomic mass is 32.1. The first kappa shape index (κ1) is 15.1. The van der Waals surface area contributed by atoms with E-state index in [-0.39, 0.29) is 25.5 Å². The molecule has 1 amide bonds. The van der Waals surface area contributed by atoms with Crippen LogP contribution in [0.1, 0.15) is 30.5 Å². The molecule has 0 saturated heterocycles. The zero-order chi connectivity index (χ0) is 13.5. The molecule has 1 heterocycles. The average molecular weight is 272 g/mol. The smallest absolute Gasteiger partial charge is 0.226 e. The second kappa shape index (κ2) is 7.45. The van der Waals surface area contributed by atoms with E-state index >= 15 is 0 Å². The predicted octanol–water partition coefficient (Wildman–Crippen LogP) is 0.932. The van der Waals surface area contributed by atoms with Crippen LogP contribution in [0.25, 0.3) is 0 Å². The van der Waals surface area contributed by atoms with Crippen molar-refractivity contribution in [3.05, 3.63) is 16.1 Å². The SMILES string of the molecule is COCC(O)CNC(=O)Cc1csc(C(C)C)n1. The van der Waals surface area contributed by atoms with Gasteiger partial charge in [-0.05, 0) is 0 Å². The highest BCUT2D eigenvalue weighted by molar-refractivity contribution is 7.09. The van der Waals surface area contributed by atoms with Crippen molar-refractivity contribution in [3.8, 4) is 0 Å². The topological polar surface area (TPSA) is 71.5 Å². The average Bonchev–Trinajstić information content (AvgIpc) is 2.75. The summed E-state index contributed by atoms with van der Waals surface area (Å²) in [6.45, 7) is 4.57. The van der Waals surface area contributed by atoms with Crippen LogP contribution in [0.3, 0.4) is 0 Å². The third-order valence-corrected chi connectivity index (χ3v) is 3.49. The van der Waals surface area contributed by atoms with E-state index in [1.54, 1.807) is 11.3 Å². The van der Waals surface area contributed by atoms with Gasteiger partial charge in [-0.2, -0.15) is 0 Å². The number of ether oxygens (including phenoxy) is 1. The van der Waals surface area contributed by atoms with Gasteiger partial charge in [-0.3, -0.25) is 4.79 Å². The van der Waals surface area contributed by atoms with Crippen LogP contribution in [0.5, 0.6) is 0 Å². The van der Waals surface area contributed by atoms with E-state index in [2.05, 4.69) is 24.1 Å². The number of carbonyl (C=O) groups excluding carboxylic acids is 1.